The Bertz CT molecular complexity index is 809. The SMILES string of the molecule is Cc1cc(N2CCN(C(=O)CNC(=O)CCC(C)C)CC2)n2ncnc2n1. The lowest BCUT2D eigenvalue weighted by atomic mass is 10.1. The van der Waals surface area contributed by atoms with Crippen molar-refractivity contribution in [2.24, 2.45) is 5.92 Å². The number of rotatable bonds is 6. The van der Waals surface area contributed by atoms with Crippen molar-refractivity contribution in [3.63, 3.8) is 0 Å². The molecule has 0 aliphatic carbocycles. The number of aryl methyl sites for hydroxylation is 1. The molecule has 2 amide bonds. The van der Waals surface area contributed by atoms with E-state index in [-0.39, 0.29) is 18.4 Å². The molecule has 1 N–H and O–H groups in total. The summed E-state index contributed by atoms with van der Waals surface area (Å²) in [6.07, 6.45) is 2.79. The Balaban J connectivity index is 1.52. The third-order valence-corrected chi connectivity index (χ3v) is 4.70. The number of piperazine rings is 1. The topological polar surface area (TPSA) is 95.7 Å². The summed E-state index contributed by atoms with van der Waals surface area (Å²) in [4.78, 5) is 36.6. The fraction of sp³-hybridized carbons (Fsp3) is 0.611. The Labute approximate surface area is 158 Å². The third kappa shape index (κ3) is 4.72. The molecule has 1 aliphatic heterocycles. The number of carbonyl (C=O) groups excluding carboxylic acids is 2. The van der Waals surface area contributed by atoms with Crippen LogP contribution in [-0.2, 0) is 9.59 Å². The standard InChI is InChI=1S/C18H27N7O2/c1-13(2)4-5-15(26)19-11-17(27)24-8-6-23(7-9-24)16-10-14(3)22-18-20-12-21-25(16)18/h10,12-13H,4-9,11H2,1-3H3,(H,19,26). The van der Waals surface area contributed by atoms with Crippen LogP contribution in [0.25, 0.3) is 5.78 Å². The van der Waals surface area contributed by atoms with Crippen LogP contribution >= 0.6 is 0 Å². The zero-order chi connectivity index (χ0) is 19.4. The summed E-state index contributed by atoms with van der Waals surface area (Å²) in [5, 5.41) is 6.97. The quantitative estimate of drug-likeness (QED) is 0.798. The second-order valence-corrected chi connectivity index (χ2v) is 7.30. The summed E-state index contributed by atoms with van der Waals surface area (Å²) < 4.78 is 1.72. The summed E-state index contributed by atoms with van der Waals surface area (Å²) in [6.45, 7) is 8.77. The number of anilines is 1. The van der Waals surface area contributed by atoms with Crippen molar-refractivity contribution in [1.82, 2.24) is 29.8 Å². The molecule has 0 aromatic carbocycles. The van der Waals surface area contributed by atoms with Gasteiger partial charge in [0.15, 0.2) is 0 Å². The minimum atomic E-state index is -0.0588. The summed E-state index contributed by atoms with van der Waals surface area (Å²) in [6, 6.07) is 1.98. The fourth-order valence-corrected chi connectivity index (χ4v) is 3.12. The first kappa shape index (κ1) is 19.1. The normalized spacial score (nSPS) is 14.8. The maximum atomic E-state index is 12.4. The Morgan fingerprint density at radius 1 is 1.22 bits per heavy atom. The second-order valence-electron chi connectivity index (χ2n) is 7.30. The van der Waals surface area contributed by atoms with Crippen LogP contribution < -0.4 is 10.2 Å². The van der Waals surface area contributed by atoms with Crippen LogP contribution in [0.15, 0.2) is 12.4 Å². The highest BCUT2D eigenvalue weighted by molar-refractivity contribution is 5.84. The van der Waals surface area contributed by atoms with Gasteiger partial charge in [0.2, 0.25) is 11.8 Å². The Morgan fingerprint density at radius 3 is 2.67 bits per heavy atom. The summed E-state index contributed by atoms with van der Waals surface area (Å²) >= 11 is 0. The van der Waals surface area contributed by atoms with Crippen LogP contribution in [0.3, 0.4) is 0 Å². The van der Waals surface area contributed by atoms with Gasteiger partial charge in [0.1, 0.15) is 12.1 Å². The minimum absolute atomic E-state index is 0.0376. The molecule has 9 heteroatoms. The predicted octanol–water partition coefficient (Wildman–Crippen LogP) is 0.634. The molecule has 27 heavy (non-hydrogen) atoms. The first-order chi connectivity index (χ1) is 12.9. The summed E-state index contributed by atoms with van der Waals surface area (Å²) in [7, 11) is 0. The Hall–Kier alpha value is -2.71. The molecule has 0 saturated carbocycles. The van der Waals surface area contributed by atoms with Gasteiger partial charge in [-0.15, -0.1) is 0 Å². The van der Waals surface area contributed by atoms with Gasteiger partial charge in [0.25, 0.3) is 5.78 Å². The van der Waals surface area contributed by atoms with E-state index in [1.807, 2.05) is 13.0 Å². The molecule has 1 fully saturated rings. The van der Waals surface area contributed by atoms with Crippen LogP contribution in [0.2, 0.25) is 0 Å². The zero-order valence-electron chi connectivity index (χ0n) is 16.2. The molecule has 1 saturated heterocycles. The molecular formula is C18H27N7O2. The number of nitrogens with one attached hydrogen (secondary N) is 1. The minimum Gasteiger partial charge on any atom is -0.353 e. The molecule has 2 aromatic heterocycles. The monoisotopic (exact) mass is 373 g/mol. The van der Waals surface area contributed by atoms with E-state index in [2.05, 4.69) is 39.1 Å². The van der Waals surface area contributed by atoms with Crippen molar-refractivity contribution in [3.05, 3.63) is 18.1 Å². The van der Waals surface area contributed by atoms with Crippen LogP contribution in [0.5, 0.6) is 0 Å². The Kier molecular flexibility index (Phi) is 5.88. The van der Waals surface area contributed by atoms with E-state index in [1.165, 1.54) is 6.33 Å². The highest BCUT2D eigenvalue weighted by atomic mass is 16.2. The largest absolute Gasteiger partial charge is 0.353 e. The van der Waals surface area contributed by atoms with Gasteiger partial charge in [-0.25, -0.2) is 4.98 Å². The predicted molar refractivity (Wildman–Crippen MR) is 101 cm³/mol. The number of fused-ring (bicyclic) bond motifs is 1. The van der Waals surface area contributed by atoms with Gasteiger partial charge in [0.05, 0.1) is 6.54 Å². The van der Waals surface area contributed by atoms with E-state index >= 15 is 0 Å². The van der Waals surface area contributed by atoms with Gasteiger partial charge in [-0.3, -0.25) is 9.59 Å². The van der Waals surface area contributed by atoms with Crippen LogP contribution in [0.1, 0.15) is 32.4 Å². The zero-order valence-corrected chi connectivity index (χ0v) is 16.2. The van der Waals surface area contributed by atoms with Crippen molar-refractivity contribution < 1.29 is 9.59 Å². The summed E-state index contributed by atoms with van der Waals surface area (Å²) in [5.41, 5.74) is 0.883. The maximum absolute atomic E-state index is 12.4. The van der Waals surface area contributed by atoms with Crippen molar-refractivity contribution in [1.29, 1.82) is 0 Å². The lowest BCUT2D eigenvalue weighted by Gasteiger charge is -2.36. The molecule has 9 nitrogen and oxygen atoms in total. The van der Waals surface area contributed by atoms with Gasteiger partial charge >= 0.3 is 0 Å². The number of nitrogens with zero attached hydrogens (tertiary/aromatic N) is 6. The molecule has 0 bridgehead atoms. The molecule has 0 unspecified atom stereocenters. The van der Waals surface area contributed by atoms with Gasteiger partial charge in [0, 0.05) is 44.4 Å². The summed E-state index contributed by atoms with van der Waals surface area (Å²) in [5.74, 6) is 1.89. The van der Waals surface area contributed by atoms with Crippen molar-refractivity contribution in [2.75, 3.05) is 37.6 Å². The average Bonchev–Trinajstić information content (AvgIpc) is 3.12. The van der Waals surface area contributed by atoms with Crippen molar-refractivity contribution in [2.45, 2.75) is 33.6 Å². The number of carbonyl (C=O) groups is 2. The number of amides is 2. The van der Waals surface area contributed by atoms with Gasteiger partial charge in [-0.1, -0.05) is 13.8 Å². The van der Waals surface area contributed by atoms with Gasteiger partial charge in [-0.2, -0.15) is 14.6 Å². The third-order valence-electron chi connectivity index (χ3n) is 4.70. The highest BCUT2D eigenvalue weighted by Crippen LogP contribution is 2.17. The first-order valence-electron chi connectivity index (χ1n) is 9.41. The van der Waals surface area contributed by atoms with Crippen LogP contribution in [0.4, 0.5) is 5.82 Å². The molecule has 1 aliphatic rings. The van der Waals surface area contributed by atoms with E-state index < -0.39 is 0 Å². The van der Waals surface area contributed by atoms with Crippen LogP contribution in [-0.4, -0.2) is 69.0 Å². The molecule has 3 rings (SSSR count). The number of aromatic nitrogens is 4. The highest BCUT2D eigenvalue weighted by Gasteiger charge is 2.23. The first-order valence-corrected chi connectivity index (χ1v) is 9.41. The lowest BCUT2D eigenvalue weighted by molar-refractivity contribution is -0.133. The fourth-order valence-electron chi connectivity index (χ4n) is 3.12. The van der Waals surface area contributed by atoms with Crippen LogP contribution in [0, 0.1) is 12.8 Å². The molecular weight excluding hydrogens is 346 g/mol. The van der Waals surface area contributed by atoms with E-state index in [4.69, 9.17) is 0 Å². The van der Waals surface area contributed by atoms with Gasteiger partial charge in [-0.05, 0) is 19.3 Å². The Morgan fingerprint density at radius 2 is 1.96 bits per heavy atom. The van der Waals surface area contributed by atoms with Crippen molar-refractivity contribution >= 4 is 23.4 Å². The second kappa shape index (κ2) is 8.32. The van der Waals surface area contributed by atoms with E-state index in [9.17, 15) is 9.59 Å². The van der Waals surface area contributed by atoms with E-state index in [0.717, 1.165) is 17.9 Å². The van der Waals surface area contributed by atoms with E-state index in [0.29, 0.717) is 44.3 Å². The lowest BCUT2D eigenvalue weighted by Crippen LogP contribution is -2.51. The van der Waals surface area contributed by atoms with E-state index in [1.54, 1.807) is 9.42 Å². The van der Waals surface area contributed by atoms with Gasteiger partial charge < -0.3 is 15.1 Å². The maximum Gasteiger partial charge on any atom is 0.254 e. The molecule has 0 atom stereocenters. The average molecular weight is 373 g/mol. The number of hydrogen-bond acceptors (Lipinski definition) is 6. The molecule has 146 valence electrons. The molecule has 2 aromatic rings. The molecule has 0 radical (unpaired) electrons. The number of hydrogen-bond donors (Lipinski definition) is 1. The molecule has 3 heterocycles. The molecule has 0 spiro atoms. The van der Waals surface area contributed by atoms with Crippen molar-refractivity contribution in [3.8, 4) is 0 Å². The smallest absolute Gasteiger partial charge is 0.254 e.